The van der Waals surface area contributed by atoms with E-state index in [9.17, 15) is 18.4 Å². The molecule has 8 nitrogen and oxygen atoms in total. The molecule has 166 valence electrons. The summed E-state index contributed by atoms with van der Waals surface area (Å²) < 4.78 is 26.7. The maximum absolute atomic E-state index is 12.4. The smallest absolute Gasteiger partial charge is 0.453 e. The molecular weight excluding hydrogens is 431 g/mol. The molecule has 2 aromatic rings. The van der Waals surface area contributed by atoms with Crippen molar-refractivity contribution in [2.45, 2.75) is 39.3 Å². The molecule has 0 spiro atoms. The number of aromatic nitrogens is 3. The van der Waals surface area contributed by atoms with Gasteiger partial charge in [-0.2, -0.15) is 15.2 Å². The third kappa shape index (κ3) is 5.07. The van der Waals surface area contributed by atoms with Crippen LogP contribution in [-0.2, 0) is 9.59 Å². The normalized spacial score (nSPS) is 24.2. The molecule has 3 heterocycles. The summed E-state index contributed by atoms with van der Waals surface area (Å²) in [4.78, 5) is 37.2. The molecule has 2 aliphatic rings. The Morgan fingerprint density at radius 3 is 2.34 bits per heavy atom. The molecule has 0 bridgehead atoms. The Labute approximate surface area is 207 Å². The van der Waals surface area contributed by atoms with Crippen molar-refractivity contribution in [2.24, 2.45) is 10.8 Å². The number of imide groups is 1. The van der Waals surface area contributed by atoms with Gasteiger partial charge in [0.2, 0.25) is 11.8 Å². The van der Waals surface area contributed by atoms with Crippen LogP contribution in [0.25, 0.3) is 0 Å². The number of fused-ring (bicyclic) bond motifs is 1. The molecule has 0 aromatic carbocycles. The molecule has 11 heteroatoms. The van der Waals surface area contributed by atoms with Gasteiger partial charge in [0.15, 0.2) is 5.88 Å². The maximum atomic E-state index is 12.4. The SMILES string of the molecule is FC(F)Oc1cn[c-]cn1.[CH2-]CC([CH2-])Nc1ccc(N2C(=O)C3(C)CC3(C)C2=O)cn1.[Na+]. The van der Waals surface area contributed by atoms with Gasteiger partial charge in [0.05, 0.1) is 22.7 Å². The number of halogens is 2. The van der Waals surface area contributed by atoms with Crippen LogP contribution < -0.4 is 44.5 Å². The maximum Gasteiger partial charge on any atom is 1.00 e. The van der Waals surface area contributed by atoms with Gasteiger partial charge < -0.3 is 28.9 Å². The first-order valence-electron chi connectivity index (χ1n) is 9.49. The topological polar surface area (TPSA) is 97.3 Å². The molecule has 2 amide bonds. The summed E-state index contributed by atoms with van der Waals surface area (Å²) in [6.07, 6.45) is 7.37. The number of amides is 2. The van der Waals surface area contributed by atoms with E-state index in [0.717, 1.165) is 12.4 Å². The van der Waals surface area contributed by atoms with E-state index in [-0.39, 0.29) is 53.3 Å². The van der Waals surface area contributed by atoms with E-state index in [1.165, 1.54) is 4.90 Å². The Morgan fingerprint density at radius 2 is 1.88 bits per heavy atom. The molecule has 1 saturated heterocycles. The molecule has 3 unspecified atom stereocenters. The summed E-state index contributed by atoms with van der Waals surface area (Å²) >= 11 is 0. The first kappa shape index (κ1) is 26.1. The Morgan fingerprint density at radius 1 is 1.22 bits per heavy atom. The van der Waals surface area contributed by atoms with Crippen molar-refractivity contribution in [1.82, 2.24) is 15.0 Å². The molecule has 4 rings (SSSR count). The third-order valence-corrected chi connectivity index (χ3v) is 5.57. The number of hydrogen-bond donors (Lipinski definition) is 1. The van der Waals surface area contributed by atoms with Crippen LogP contribution in [0.1, 0.15) is 26.7 Å². The van der Waals surface area contributed by atoms with E-state index in [1.807, 2.05) is 13.8 Å². The zero-order valence-corrected chi connectivity index (χ0v) is 20.1. The van der Waals surface area contributed by atoms with Gasteiger partial charge in [-0.25, -0.2) is 9.88 Å². The average molecular weight is 453 g/mol. The first-order valence-corrected chi connectivity index (χ1v) is 9.49. The fraction of sp³-hybridized carbons (Fsp3) is 0.381. The minimum absolute atomic E-state index is 0. The van der Waals surface area contributed by atoms with Gasteiger partial charge in [-0.15, -0.1) is 12.2 Å². The fourth-order valence-corrected chi connectivity index (χ4v) is 3.40. The number of rotatable bonds is 6. The number of piperidine rings is 1. The van der Waals surface area contributed by atoms with E-state index in [1.54, 1.807) is 18.3 Å². The van der Waals surface area contributed by atoms with Crippen LogP contribution in [0.4, 0.5) is 20.3 Å². The number of pyridine rings is 1. The van der Waals surface area contributed by atoms with Crippen LogP contribution >= 0.6 is 0 Å². The van der Waals surface area contributed by atoms with Gasteiger partial charge in [0.25, 0.3) is 0 Å². The molecule has 1 aliphatic heterocycles. The van der Waals surface area contributed by atoms with Crippen molar-refractivity contribution in [3.05, 3.63) is 50.8 Å². The van der Waals surface area contributed by atoms with Crippen LogP contribution in [0.15, 0.2) is 30.7 Å². The van der Waals surface area contributed by atoms with Crippen molar-refractivity contribution in [3.63, 3.8) is 0 Å². The summed E-state index contributed by atoms with van der Waals surface area (Å²) in [6.45, 7) is 8.51. The first-order chi connectivity index (χ1) is 14.6. The third-order valence-electron chi connectivity index (χ3n) is 5.57. The Kier molecular flexibility index (Phi) is 8.30. The number of carbonyl (C=O) groups excluding carboxylic acids is 2. The van der Waals surface area contributed by atoms with E-state index >= 15 is 0 Å². The molecule has 3 atom stereocenters. The second-order valence-electron chi connectivity index (χ2n) is 7.68. The summed E-state index contributed by atoms with van der Waals surface area (Å²) in [5.41, 5.74) is -0.541. The van der Waals surface area contributed by atoms with E-state index in [4.69, 9.17) is 0 Å². The van der Waals surface area contributed by atoms with Crippen LogP contribution in [0, 0.1) is 30.9 Å². The van der Waals surface area contributed by atoms with E-state index in [0.29, 0.717) is 24.3 Å². The molecule has 1 aliphatic carbocycles. The van der Waals surface area contributed by atoms with Gasteiger partial charge in [0, 0.05) is 0 Å². The predicted molar refractivity (Wildman–Crippen MR) is 108 cm³/mol. The summed E-state index contributed by atoms with van der Waals surface area (Å²) in [5, 5.41) is 3.09. The predicted octanol–water partition coefficient (Wildman–Crippen LogP) is 0.0921. The minimum Gasteiger partial charge on any atom is -0.453 e. The van der Waals surface area contributed by atoms with Crippen molar-refractivity contribution >= 4 is 23.3 Å². The molecule has 1 N–H and O–H groups in total. The molecule has 2 aromatic heterocycles. The van der Waals surface area contributed by atoms with E-state index in [2.05, 4.69) is 45.0 Å². The van der Waals surface area contributed by atoms with E-state index < -0.39 is 17.4 Å². The Balaban J connectivity index is 0.000000280. The molecule has 1 saturated carbocycles. The number of alkyl halides is 2. The standard InChI is InChI=1S/C16H19N3O2.C5H3F2N2O.Na/c1-5-10(2)18-12-7-6-11(8-17-12)19-13(20)15(3)9-16(15,4)14(19)21;6-5(7)10-4-3-8-1-2-9-4;/h6-8,10H,1-2,5,9H2,3-4H3,(H,17,18);2-3,5H;/q-2;-1;+1. The van der Waals surface area contributed by atoms with Gasteiger partial charge in [-0.05, 0) is 38.6 Å². The number of nitrogens with one attached hydrogen (secondary N) is 1. The number of hydrogen-bond acceptors (Lipinski definition) is 7. The van der Waals surface area contributed by atoms with Crippen molar-refractivity contribution in [3.8, 4) is 5.88 Å². The molecule has 2 fully saturated rings. The van der Waals surface area contributed by atoms with Crippen LogP contribution in [-0.4, -0.2) is 39.4 Å². The Bertz CT molecular complexity index is 924. The summed E-state index contributed by atoms with van der Waals surface area (Å²) in [5.74, 6) is 0.216. The zero-order chi connectivity index (χ0) is 22.8. The number of carbonyl (C=O) groups is 2. The second kappa shape index (κ2) is 10.2. The van der Waals surface area contributed by atoms with Crippen LogP contribution in [0.5, 0.6) is 5.88 Å². The van der Waals surface area contributed by atoms with Crippen LogP contribution in [0.2, 0.25) is 0 Å². The fourth-order valence-electron chi connectivity index (χ4n) is 3.40. The van der Waals surface area contributed by atoms with Crippen molar-refractivity contribution in [1.29, 1.82) is 0 Å². The molecule has 0 radical (unpaired) electrons. The second-order valence-corrected chi connectivity index (χ2v) is 7.68. The summed E-state index contributed by atoms with van der Waals surface area (Å²) in [6, 6.07) is 3.46. The van der Waals surface area contributed by atoms with Crippen molar-refractivity contribution < 1.29 is 52.7 Å². The van der Waals surface area contributed by atoms with Gasteiger partial charge in [0.1, 0.15) is 5.82 Å². The monoisotopic (exact) mass is 453 g/mol. The minimum atomic E-state index is -2.85. The number of ether oxygens (including phenoxy) is 1. The van der Waals surface area contributed by atoms with Crippen LogP contribution in [0.3, 0.4) is 0 Å². The van der Waals surface area contributed by atoms with Gasteiger partial charge >= 0.3 is 36.2 Å². The number of nitrogens with zero attached hydrogens (tertiary/aromatic N) is 4. The van der Waals surface area contributed by atoms with Crippen molar-refractivity contribution in [2.75, 3.05) is 10.2 Å². The largest absolute Gasteiger partial charge is 1.00 e. The van der Waals surface area contributed by atoms with Gasteiger partial charge in [-0.1, -0.05) is 6.20 Å². The average Bonchev–Trinajstić information content (AvgIpc) is 3.29. The summed E-state index contributed by atoms with van der Waals surface area (Å²) in [7, 11) is 0. The molecule has 32 heavy (non-hydrogen) atoms. The quantitative estimate of drug-likeness (QED) is 0.376. The van der Waals surface area contributed by atoms with Gasteiger partial charge in [-0.3, -0.25) is 14.6 Å². The Hall–Kier alpha value is -2.17. The molecular formula is C21H22F2N5NaO3-2. The number of anilines is 2. The zero-order valence-electron chi connectivity index (χ0n) is 18.1.